The average Bonchev–Trinajstić information content (AvgIpc) is 2.28. The van der Waals surface area contributed by atoms with Crippen LogP contribution in [0, 0.1) is 16.7 Å². The highest BCUT2D eigenvalue weighted by Gasteiger charge is 2.48. The minimum atomic E-state index is -3.20. The van der Waals surface area contributed by atoms with Gasteiger partial charge in [0.15, 0.2) is 0 Å². The van der Waals surface area contributed by atoms with Crippen molar-refractivity contribution in [2.24, 2.45) is 11.1 Å². The van der Waals surface area contributed by atoms with E-state index >= 15 is 0 Å². The van der Waals surface area contributed by atoms with Gasteiger partial charge in [-0.2, -0.15) is 14.0 Å². The number of nitrogens with zero attached hydrogens (tertiary/aromatic N) is 1. The van der Waals surface area contributed by atoms with Crippen LogP contribution in [0.5, 0.6) is 0 Å². The normalized spacial score (nSPS) is 14.2. The molecule has 1 rings (SSSR count). The molecule has 0 saturated heterocycles. The number of benzene rings is 1. The molecule has 0 bridgehead atoms. The van der Waals surface area contributed by atoms with Gasteiger partial charge in [-0.1, -0.05) is 18.2 Å². The van der Waals surface area contributed by atoms with Gasteiger partial charge in [0, 0.05) is 11.6 Å². The van der Waals surface area contributed by atoms with Gasteiger partial charge in [0.05, 0.1) is 6.07 Å². The Kier molecular flexibility index (Phi) is 3.53. The first kappa shape index (κ1) is 13.6. The number of hydrogen-bond donors (Lipinski definition) is 1. The monoisotopic (exact) mass is 238 g/mol. The van der Waals surface area contributed by atoms with Gasteiger partial charge in [0.25, 0.3) is 5.92 Å². The zero-order chi connectivity index (χ0) is 13.3. The number of hydrogen-bond acceptors (Lipinski definition) is 2. The van der Waals surface area contributed by atoms with Crippen LogP contribution >= 0.6 is 0 Å². The molecule has 0 aliphatic rings. The first-order chi connectivity index (χ1) is 7.72. The lowest BCUT2D eigenvalue weighted by atomic mass is 9.82. The van der Waals surface area contributed by atoms with Gasteiger partial charge < -0.3 is 5.73 Å². The van der Waals surface area contributed by atoms with E-state index in [0.29, 0.717) is 5.56 Å². The molecule has 0 aromatic heterocycles. The zero-order valence-electron chi connectivity index (χ0n) is 10.2. The number of nitriles is 1. The molecule has 1 aromatic carbocycles. The molecule has 0 saturated carbocycles. The Balaban J connectivity index is 3.25. The molecule has 1 aromatic rings. The van der Waals surface area contributed by atoms with Crippen molar-refractivity contribution in [3.05, 3.63) is 35.4 Å². The standard InChI is InChI=1S/C13H16F2N2/c1-9(17)10-5-4-6-11(7-10)13(14,15)12(2,3)8-16/h4-7,9H,17H2,1-3H3. The van der Waals surface area contributed by atoms with Crippen molar-refractivity contribution in [3.63, 3.8) is 0 Å². The fourth-order valence-corrected chi connectivity index (χ4v) is 1.45. The van der Waals surface area contributed by atoms with Crippen LogP contribution in [0.2, 0.25) is 0 Å². The van der Waals surface area contributed by atoms with E-state index in [0.717, 1.165) is 0 Å². The Hall–Kier alpha value is -1.47. The molecule has 0 radical (unpaired) electrons. The number of alkyl halides is 2. The van der Waals surface area contributed by atoms with Crippen LogP contribution in [-0.2, 0) is 5.92 Å². The largest absolute Gasteiger partial charge is 0.324 e. The second-order valence-electron chi connectivity index (χ2n) is 4.73. The predicted octanol–water partition coefficient (Wildman–Crippen LogP) is 3.35. The zero-order valence-corrected chi connectivity index (χ0v) is 10.2. The van der Waals surface area contributed by atoms with E-state index in [1.54, 1.807) is 19.1 Å². The molecule has 0 aliphatic carbocycles. The Morgan fingerprint density at radius 3 is 2.41 bits per heavy atom. The van der Waals surface area contributed by atoms with Gasteiger partial charge in [-0.25, -0.2) is 0 Å². The predicted molar refractivity (Wildman–Crippen MR) is 62.3 cm³/mol. The van der Waals surface area contributed by atoms with Gasteiger partial charge in [0.1, 0.15) is 5.41 Å². The van der Waals surface area contributed by atoms with Crippen LogP contribution in [0.3, 0.4) is 0 Å². The van der Waals surface area contributed by atoms with E-state index in [4.69, 9.17) is 11.0 Å². The van der Waals surface area contributed by atoms with Crippen molar-refractivity contribution in [2.45, 2.75) is 32.7 Å². The number of nitrogens with two attached hydrogens (primary N) is 1. The highest BCUT2D eigenvalue weighted by molar-refractivity contribution is 5.31. The Morgan fingerprint density at radius 2 is 1.94 bits per heavy atom. The fraction of sp³-hybridized carbons (Fsp3) is 0.462. The molecule has 0 spiro atoms. The molecule has 2 nitrogen and oxygen atoms in total. The Labute approximate surface area is 100 Å². The maximum absolute atomic E-state index is 14.1. The summed E-state index contributed by atoms with van der Waals surface area (Å²) < 4.78 is 28.2. The summed E-state index contributed by atoms with van der Waals surface area (Å²) in [6.45, 7) is 4.18. The van der Waals surface area contributed by atoms with E-state index in [9.17, 15) is 8.78 Å². The molecule has 1 unspecified atom stereocenters. The topological polar surface area (TPSA) is 49.8 Å². The molecule has 0 aliphatic heterocycles. The number of halogens is 2. The summed E-state index contributed by atoms with van der Waals surface area (Å²) in [4.78, 5) is 0. The van der Waals surface area contributed by atoms with Gasteiger partial charge >= 0.3 is 0 Å². The van der Waals surface area contributed by atoms with Gasteiger partial charge in [-0.15, -0.1) is 0 Å². The maximum atomic E-state index is 14.1. The summed E-state index contributed by atoms with van der Waals surface area (Å²) in [5.41, 5.74) is 4.38. The van der Waals surface area contributed by atoms with Crippen LogP contribution in [-0.4, -0.2) is 0 Å². The minimum absolute atomic E-state index is 0.168. The lowest BCUT2D eigenvalue weighted by Crippen LogP contribution is -2.32. The highest BCUT2D eigenvalue weighted by Crippen LogP contribution is 2.44. The summed E-state index contributed by atoms with van der Waals surface area (Å²) in [5, 5.41) is 8.81. The average molecular weight is 238 g/mol. The van der Waals surface area contributed by atoms with E-state index < -0.39 is 11.3 Å². The van der Waals surface area contributed by atoms with E-state index in [-0.39, 0.29) is 11.6 Å². The molecule has 0 fully saturated rings. The molecule has 17 heavy (non-hydrogen) atoms. The molecular weight excluding hydrogens is 222 g/mol. The third-order valence-corrected chi connectivity index (χ3v) is 2.84. The lowest BCUT2D eigenvalue weighted by molar-refractivity contribution is -0.0854. The smallest absolute Gasteiger partial charge is 0.291 e. The SMILES string of the molecule is CC(N)c1cccc(C(F)(F)C(C)(C)C#N)c1. The summed E-state index contributed by atoms with van der Waals surface area (Å²) in [5.74, 6) is -3.20. The molecule has 0 heterocycles. The van der Waals surface area contributed by atoms with Crippen molar-refractivity contribution in [2.75, 3.05) is 0 Å². The second kappa shape index (κ2) is 4.42. The molecule has 2 N–H and O–H groups in total. The minimum Gasteiger partial charge on any atom is -0.324 e. The lowest BCUT2D eigenvalue weighted by Gasteiger charge is -2.28. The quantitative estimate of drug-likeness (QED) is 0.877. The van der Waals surface area contributed by atoms with Gasteiger partial charge in [0.2, 0.25) is 0 Å². The summed E-state index contributed by atoms with van der Waals surface area (Å²) in [7, 11) is 0. The second-order valence-corrected chi connectivity index (χ2v) is 4.73. The summed E-state index contributed by atoms with van der Waals surface area (Å²) >= 11 is 0. The molecule has 4 heteroatoms. The molecule has 1 atom stereocenters. The third kappa shape index (κ3) is 2.45. The third-order valence-electron chi connectivity index (χ3n) is 2.84. The van der Waals surface area contributed by atoms with Crippen molar-refractivity contribution < 1.29 is 8.78 Å². The molecular formula is C13H16F2N2. The van der Waals surface area contributed by atoms with Crippen molar-refractivity contribution in [1.29, 1.82) is 5.26 Å². The van der Waals surface area contributed by atoms with Crippen LogP contribution in [0.1, 0.15) is 37.9 Å². The summed E-state index contributed by atoms with van der Waals surface area (Å²) in [6, 6.07) is 7.26. The first-order valence-corrected chi connectivity index (χ1v) is 5.37. The van der Waals surface area contributed by atoms with Crippen LogP contribution < -0.4 is 5.73 Å². The van der Waals surface area contributed by atoms with Crippen molar-refractivity contribution >= 4 is 0 Å². The van der Waals surface area contributed by atoms with Crippen molar-refractivity contribution in [1.82, 2.24) is 0 Å². The fourth-order valence-electron chi connectivity index (χ4n) is 1.45. The van der Waals surface area contributed by atoms with Crippen LogP contribution in [0.4, 0.5) is 8.78 Å². The van der Waals surface area contributed by atoms with Crippen LogP contribution in [0.25, 0.3) is 0 Å². The van der Waals surface area contributed by atoms with Gasteiger partial charge in [-0.3, -0.25) is 0 Å². The first-order valence-electron chi connectivity index (χ1n) is 5.37. The van der Waals surface area contributed by atoms with E-state index in [1.165, 1.54) is 32.0 Å². The van der Waals surface area contributed by atoms with E-state index in [2.05, 4.69) is 0 Å². The Bertz CT molecular complexity index is 445. The number of rotatable bonds is 3. The van der Waals surface area contributed by atoms with Gasteiger partial charge in [-0.05, 0) is 32.4 Å². The Morgan fingerprint density at radius 1 is 1.35 bits per heavy atom. The van der Waals surface area contributed by atoms with E-state index in [1.807, 2.05) is 0 Å². The molecule has 0 amide bonds. The van der Waals surface area contributed by atoms with Crippen molar-refractivity contribution in [3.8, 4) is 6.07 Å². The summed E-state index contributed by atoms with van der Waals surface area (Å²) in [6.07, 6.45) is 0. The van der Waals surface area contributed by atoms with Crippen LogP contribution in [0.15, 0.2) is 24.3 Å². The molecule has 92 valence electrons. The maximum Gasteiger partial charge on any atom is 0.291 e. The highest BCUT2D eigenvalue weighted by atomic mass is 19.3.